The third kappa shape index (κ3) is 5.11. The van der Waals surface area contributed by atoms with Crippen molar-refractivity contribution in [3.8, 4) is 0 Å². The first-order valence-corrected chi connectivity index (χ1v) is 8.97. The van der Waals surface area contributed by atoms with Gasteiger partial charge in [-0.15, -0.1) is 0 Å². The first-order chi connectivity index (χ1) is 13.1. The number of nitrogens with zero attached hydrogens (tertiary/aromatic N) is 2. The van der Waals surface area contributed by atoms with Gasteiger partial charge in [-0.2, -0.15) is 5.10 Å². The van der Waals surface area contributed by atoms with Crippen molar-refractivity contribution in [2.45, 2.75) is 13.0 Å². The molecule has 1 fully saturated rings. The Balaban J connectivity index is 1.44. The maximum atomic E-state index is 12.0. The van der Waals surface area contributed by atoms with E-state index in [1.807, 2.05) is 0 Å². The van der Waals surface area contributed by atoms with Gasteiger partial charge in [0.05, 0.1) is 30.8 Å². The predicted octanol–water partition coefficient (Wildman–Crippen LogP) is -0.622. The topological polar surface area (TPSA) is 116 Å². The van der Waals surface area contributed by atoms with E-state index in [1.165, 1.54) is 0 Å². The number of aromatic amines is 1. The van der Waals surface area contributed by atoms with Gasteiger partial charge < -0.3 is 15.4 Å². The van der Waals surface area contributed by atoms with Crippen LogP contribution in [0.15, 0.2) is 29.1 Å². The highest BCUT2D eigenvalue weighted by Crippen LogP contribution is 2.11. The van der Waals surface area contributed by atoms with E-state index in [2.05, 4.69) is 25.7 Å². The molecule has 0 spiro atoms. The van der Waals surface area contributed by atoms with Crippen molar-refractivity contribution in [1.82, 2.24) is 25.7 Å². The quantitative estimate of drug-likeness (QED) is 0.459. The maximum Gasteiger partial charge on any atom is 0.309 e. The Labute approximate surface area is 156 Å². The van der Waals surface area contributed by atoms with Gasteiger partial charge in [0.25, 0.3) is 5.56 Å². The first-order valence-electron chi connectivity index (χ1n) is 8.97. The number of rotatable bonds is 6. The van der Waals surface area contributed by atoms with E-state index in [-0.39, 0.29) is 12.1 Å². The van der Waals surface area contributed by atoms with Crippen molar-refractivity contribution in [2.24, 2.45) is 0 Å². The van der Waals surface area contributed by atoms with Gasteiger partial charge in [-0.3, -0.25) is 19.3 Å². The Morgan fingerprint density at radius 1 is 1.11 bits per heavy atom. The van der Waals surface area contributed by atoms with Crippen molar-refractivity contribution in [2.75, 3.05) is 39.4 Å². The molecule has 1 aliphatic heterocycles. The van der Waals surface area contributed by atoms with E-state index in [1.54, 1.807) is 24.3 Å². The lowest BCUT2D eigenvalue weighted by Gasteiger charge is -2.26. The summed E-state index contributed by atoms with van der Waals surface area (Å²) in [4.78, 5) is 37.9. The SMILES string of the molecule is O=C(NCCCN1CCOCC1)C(=O)NCc1n[nH]c(=O)c2ccccc12. The molecule has 1 saturated heterocycles. The normalized spacial score (nSPS) is 14.8. The summed E-state index contributed by atoms with van der Waals surface area (Å²) in [6.07, 6.45) is 0.769. The van der Waals surface area contributed by atoms with Crippen LogP contribution in [0.3, 0.4) is 0 Å². The third-order valence-electron chi connectivity index (χ3n) is 4.44. The monoisotopic (exact) mass is 373 g/mol. The molecule has 2 aromatic rings. The molecule has 144 valence electrons. The number of nitrogens with one attached hydrogen (secondary N) is 3. The Bertz CT molecular complexity index is 860. The number of ether oxygens (including phenoxy) is 1. The molecule has 0 bridgehead atoms. The second-order valence-electron chi connectivity index (χ2n) is 6.29. The summed E-state index contributed by atoms with van der Waals surface area (Å²) in [6, 6.07) is 6.98. The Hall–Kier alpha value is -2.78. The van der Waals surface area contributed by atoms with E-state index in [9.17, 15) is 14.4 Å². The molecule has 27 heavy (non-hydrogen) atoms. The summed E-state index contributed by atoms with van der Waals surface area (Å²) < 4.78 is 5.28. The smallest absolute Gasteiger partial charge is 0.309 e. The number of hydrogen-bond acceptors (Lipinski definition) is 6. The number of hydrogen-bond donors (Lipinski definition) is 3. The van der Waals surface area contributed by atoms with Gasteiger partial charge in [-0.1, -0.05) is 18.2 Å². The largest absolute Gasteiger partial charge is 0.379 e. The molecular weight excluding hydrogens is 350 g/mol. The molecule has 3 N–H and O–H groups in total. The van der Waals surface area contributed by atoms with E-state index >= 15 is 0 Å². The van der Waals surface area contributed by atoms with Crippen molar-refractivity contribution >= 4 is 22.6 Å². The van der Waals surface area contributed by atoms with Crippen LogP contribution in [-0.2, 0) is 20.9 Å². The summed E-state index contributed by atoms with van der Waals surface area (Å²) in [6.45, 7) is 4.62. The van der Waals surface area contributed by atoms with Crippen LogP contribution >= 0.6 is 0 Å². The molecule has 9 nitrogen and oxygen atoms in total. The van der Waals surface area contributed by atoms with E-state index < -0.39 is 11.8 Å². The van der Waals surface area contributed by atoms with E-state index in [0.717, 1.165) is 39.3 Å². The average molecular weight is 373 g/mol. The molecule has 1 aromatic carbocycles. The Kier molecular flexibility index (Phi) is 6.50. The van der Waals surface area contributed by atoms with Crippen molar-refractivity contribution in [3.05, 3.63) is 40.3 Å². The van der Waals surface area contributed by atoms with Gasteiger partial charge in [-0.25, -0.2) is 5.10 Å². The molecule has 0 unspecified atom stereocenters. The number of morpholine rings is 1. The van der Waals surface area contributed by atoms with Crippen molar-refractivity contribution in [1.29, 1.82) is 0 Å². The lowest BCUT2D eigenvalue weighted by molar-refractivity contribution is -0.139. The number of H-pyrrole nitrogens is 1. The van der Waals surface area contributed by atoms with Gasteiger partial charge >= 0.3 is 11.8 Å². The van der Waals surface area contributed by atoms with Crippen LogP contribution in [0, 0.1) is 0 Å². The summed E-state index contributed by atoms with van der Waals surface area (Å²) in [7, 11) is 0. The van der Waals surface area contributed by atoms with Crippen molar-refractivity contribution < 1.29 is 14.3 Å². The molecule has 0 radical (unpaired) electrons. The standard InChI is InChI=1S/C18H23N5O4/c24-16-14-5-2-1-4-13(14)15(21-22-16)12-20-18(26)17(25)19-6-3-7-23-8-10-27-11-9-23/h1-2,4-5H,3,6-12H2,(H,19,25)(H,20,26)(H,22,24). The van der Waals surface area contributed by atoms with Crippen LogP contribution in [-0.4, -0.2) is 66.3 Å². The highest BCUT2D eigenvalue weighted by molar-refractivity contribution is 6.35. The molecule has 0 atom stereocenters. The number of benzene rings is 1. The fraction of sp³-hybridized carbons (Fsp3) is 0.444. The van der Waals surface area contributed by atoms with Crippen molar-refractivity contribution in [3.63, 3.8) is 0 Å². The molecule has 9 heteroatoms. The second-order valence-corrected chi connectivity index (χ2v) is 6.29. The van der Waals surface area contributed by atoms with Crippen LogP contribution in [0.2, 0.25) is 0 Å². The number of fused-ring (bicyclic) bond motifs is 1. The van der Waals surface area contributed by atoms with Crippen LogP contribution in [0.4, 0.5) is 0 Å². The summed E-state index contributed by atoms with van der Waals surface area (Å²) in [5.41, 5.74) is 0.206. The average Bonchev–Trinajstić information content (AvgIpc) is 2.71. The van der Waals surface area contributed by atoms with E-state index in [0.29, 0.717) is 23.0 Å². The minimum absolute atomic E-state index is 0.0529. The van der Waals surface area contributed by atoms with Gasteiger partial charge in [0.2, 0.25) is 0 Å². The Morgan fingerprint density at radius 2 is 1.81 bits per heavy atom. The fourth-order valence-electron chi connectivity index (χ4n) is 2.96. The predicted molar refractivity (Wildman–Crippen MR) is 99.1 cm³/mol. The van der Waals surface area contributed by atoms with Gasteiger partial charge in [-0.05, 0) is 19.0 Å². The molecule has 1 aliphatic rings. The summed E-state index contributed by atoms with van der Waals surface area (Å²) in [5, 5.41) is 12.7. The molecule has 0 aliphatic carbocycles. The minimum Gasteiger partial charge on any atom is -0.379 e. The first kappa shape index (κ1) is 19.0. The zero-order valence-electron chi connectivity index (χ0n) is 15.0. The zero-order valence-corrected chi connectivity index (χ0v) is 15.0. The maximum absolute atomic E-state index is 12.0. The van der Waals surface area contributed by atoms with Gasteiger partial charge in [0.1, 0.15) is 0 Å². The number of carbonyl (C=O) groups excluding carboxylic acids is 2. The zero-order chi connectivity index (χ0) is 19.1. The second kappa shape index (κ2) is 9.24. The fourth-order valence-corrected chi connectivity index (χ4v) is 2.96. The minimum atomic E-state index is -0.724. The van der Waals surface area contributed by atoms with E-state index in [4.69, 9.17) is 4.74 Å². The number of carbonyl (C=O) groups is 2. The number of amides is 2. The molecule has 2 heterocycles. The van der Waals surface area contributed by atoms with Crippen LogP contribution < -0.4 is 16.2 Å². The lowest BCUT2D eigenvalue weighted by atomic mass is 10.1. The highest BCUT2D eigenvalue weighted by Gasteiger charge is 2.15. The molecule has 0 saturated carbocycles. The van der Waals surface area contributed by atoms with Crippen LogP contribution in [0.5, 0.6) is 0 Å². The summed E-state index contributed by atoms with van der Waals surface area (Å²) in [5.74, 6) is -1.40. The third-order valence-corrected chi connectivity index (χ3v) is 4.44. The molecule has 2 amide bonds. The molecule has 1 aromatic heterocycles. The highest BCUT2D eigenvalue weighted by atomic mass is 16.5. The van der Waals surface area contributed by atoms with Gasteiger partial charge in [0, 0.05) is 25.0 Å². The number of aromatic nitrogens is 2. The van der Waals surface area contributed by atoms with Gasteiger partial charge in [0.15, 0.2) is 0 Å². The lowest BCUT2D eigenvalue weighted by Crippen LogP contribution is -2.41. The Morgan fingerprint density at radius 3 is 2.59 bits per heavy atom. The van der Waals surface area contributed by atoms with Crippen LogP contribution in [0.1, 0.15) is 12.1 Å². The molecular formula is C18H23N5O4. The molecule has 3 rings (SSSR count). The van der Waals surface area contributed by atoms with Crippen LogP contribution in [0.25, 0.3) is 10.8 Å². The summed E-state index contributed by atoms with van der Waals surface area (Å²) >= 11 is 0.